The molecular formula is C11H11F3O5. The van der Waals surface area contributed by atoms with Gasteiger partial charge in [-0.2, -0.15) is 4.39 Å². The van der Waals surface area contributed by atoms with Gasteiger partial charge in [-0.3, -0.25) is 0 Å². The summed E-state index contributed by atoms with van der Waals surface area (Å²) in [7, 11) is 3.15. The van der Waals surface area contributed by atoms with E-state index in [0.717, 1.165) is 14.2 Å². The number of carbonyl (C=O) groups excluding carboxylic acids is 1. The molecule has 0 aliphatic heterocycles. The number of halogens is 3. The molecule has 0 aliphatic carbocycles. The van der Waals surface area contributed by atoms with Crippen LogP contribution in [0.25, 0.3) is 0 Å². The third kappa shape index (κ3) is 2.73. The summed E-state index contributed by atoms with van der Waals surface area (Å²) in [5, 5.41) is 0. The van der Waals surface area contributed by atoms with Crippen molar-refractivity contribution in [2.75, 3.05) is 28.1 Å². The molecule has 8 heteroatoms. The molecule has 0 saturated carbocycles. The van der Waals surface area contributed by atoms with Crippen LogP contribution >= 0.6 is 0 Å². The van der Waals surface area contributed by atoms with Crippen molar-refractivity contribution >= 4 is 5.97 Å². The van der Waals surface area contributed by atoms with Crippen molar-refractivity contribution in [3.8, 4) is 11.5 Å². The van der Waals surface area contributed by atoms with E-state index in [9.17, 15) is 18.0 Å². The van der Waals surface area contributed by atoms with Gasteiger partial charge in [0.1, 0.15) is 5.56 Å². The second kappa shape index (κ2) is 6.28. The van der Waals surface area contributed by atoms with Crippen LogP contribution in [0.15, 0.2) is 0 Å². The second-order valence-electron chi connectivity index (χ2n) is 3.22. The first-order valence-corrected chi connectivity index (χ1v) is 4.94. The summed E-state index contributed by atoms with van der Waals surface area (Å²) in [5.74, 6) is -7.67. The van der Waals surface area contributed by atoms with E-state index in [1.807, 2.05) is 0 Å². The van der Waals surface area contributed by atoms with Gasteiger partial charge < -0.3 is 18.9 Å². The first-order valence-electron chi connectivity index (χ1n) is 4.94. The van der Waals surface area contributed by atoms with Crippen molar-refractivity contribution < 1.29 is 36.9 Å². The fourth-order valence-corrected chi connectivity index (χ4v) is 1.33. The van der Waals surface area contributed by atoms with Crippen LogP contribution in [-0.4, -0.2) is 34.1 Å². The molecule has 1 aromatic rings. The molecule has 1 aromatic carbocycles. The van der Waals surface area contributed by atoms with E-state index in [-0.39, 0.29) is 0 Å². The summed E-state index contributed by atoms with van der Waals surface area (Å²) in [6, 6.07) is 0. The smallest absolute Gasteiger partial charge is 0.344 e. The van der Waals surface area contributed by atoms with E-state index in [2.05, 4.69) is 18.9 Å². The zero-order chi connectivity index (χ0) is 14.6. The van der Waals surface area contributed by atoms with Crippen LogP contribution in [0, 0.1) is 17.5 Å². The number of hydrogen-bond acceptors (Lipinski definition) is 5. The number of ether oxygens (including phenoxy) is 4. The highest BCUT2D eigenvalue weighted by atomic mass is 19.2. The molecule has 0 N–H and O–H groups in total. The minimum Gasteiger partial charge on any atom is -0.490 e. The van der Waals surface area contributed by atoms with Gasteiger partial charge in [0.25, 0.3) is 0 Å². The summed E-state index contributed by atoms with van der Waals surface area (Å²) >= 11 is 0. The lowest BCUT2D eigenvalue weighted by Gasteiger charge is -2.14. The molecule has 0 heterocycles. The Morgan fingerprint density at radius 1 is 1.00 bits per heavy atom. The molecular weight excluding hydrogens is 269 g/mol. The van der Waals surface area contributed by atoms with Crippen LogP contribution in [0.5, 0.6) is 11.5 Å². The predicted molar refractivity (Wildman–Crippen MR) is 56.7 cm³/mol. The molecule has 0 fully saturated rings. The monoisotopic (exact) mass is 280 g/mol. The third-order valence-electron chi connectivity index (χ3n) is 2.15. The molecule has 0 saturated heterocycles. The van der Waals surface area contributed by atoms with Crippen molar-refractivity contribution in [2.24, 2.45) is 0 Å². The minimum atomic E-state index is -1.73. The Hall–Kier alpha value is -1.96. The lowest BCUT2D eigenvalue weighted by molar-refractivity contribution is 0.0447. The number of hydrogen-bond donors (Lipinski definition) is 0. The molecule has 19 heavy (non-hydrogen) atoms. The Kier molecular flexibility index (Phi) is 4.99. The highest BCUT2D eigenvalue weighted by molar-refractivity contribution is 5.91. The van der Waals surface area contributed by atoms with Gasteiger partial charge in [0.15, 0.2) is 18.4 Å². The molecule has 1 rings (SSSR count). The quantitative estimate of drug-likeness (QED) is 0.468. The van der Waals surface area contributed by atoms with Crippen LogP contribution in [0.3, 0.4) is 0 Å². The summed E-state index contributed by atoms with van der Waals surface area (Å²) < 4.78 is 59.1. The van der Waals surface area contributed by atoms with Crippen LogP contribution in [-0.2, 0) is 9.47 Å². The zero-order valence-electron chi connectivity index (χ0n) is 10.4. The van der Waals surface area contributed by atoms with Crippen molar-refractivity contribution in [2.45, 2.75) is 0 Å². The van der Waals surface area contributed by atoms with Crippen molar-refractivity contribution in [3.05, 3.63) is 23.0 Å². The molecule has 0 radical (unpaired) electrons. The number of benzene rings is 1. The molecule has 0 unspecified atom stereocenters. The Morgan fingerprint density at radius 3 is 2.11 bits per heavy atom. The summed E-state index contributed by atoms with van der Waals surface area (Å²) in [5.41, 5.74) is -1.19. The first-order chi connectivity index (χ1) is 8.99. The molecule has 0 aliphatic rings. The Morgan fingerprint density at radius 2 is 1.63 bits per heavy atom. The SMILES string of the molecule is COCOc1c(F)c(F)c(C(=O)OC)c(F)c1OC. The summed E-state index contributed by atoms with van der Waals surface area (Å²) in [4.78, 5) is 11.2. The van der Waals surface area contributed by atoms with Crippen molar-refractivity contribution in [1.29, 1.82) is 0 Å². The zero-order valence-corrected chi connectivity index (χ0v) is 10.4. The number of carbonyl (C=O) groups is 1. The lowest BCUT2D eigenvalue weighted by atomic mass is 10.1. The fraction of sp³-hybridized carbons (Fsp3) is 0.364. The van der Waals surface area contributed by atoms with E-state index in [0.29, 0.717) is 0 Å². The van der Waals surface area contributed by atoms with Gasteiger partial charge in [0, 0.05) is 7.11 Å². The van der Waals surface area contributed by atoms with Gasteiger partial charge in [0.2, 0.25) is 17.3 Å². The van der Waals surface area contributed by atoms with E-state index in [4.69, 9.17) is 0 Å². The molecule has 106 valence electrons. The number of methoxy groups -OCH3 is 3. The van der Waals surface area contributed by atoms with Crippen LogP contribution in [0.1, 0.15) is 10.4 Å². The van der Waals surface area contributed by atoms with Crippen LogP contribution < -0.4 is 9.47 Å². The van der Waals surface area contributed by atoms with Crippen LogP contribution in [0.4, 0.5) is 13.2 Å². The average molecular weight is 280 g/mol. The Bertz CT molecular complexity index is 490. The van der Waals surface area contributed by atoms with Gasteiger partial charge in [-0.1, -0.05) is 0 Å². The van der Waals surface area contributed by atoms with Gasteiger partial charge in [-0.05, 0) is 0 Å². The van der Waals surface area contributed by atoms with Gasteiger partial charge in [-0.25, -0.2) is 13.6 Å². The number of rotatable bonds is 5. The topological polar surface area (TPSA) is 54.0 Å². The summed E-state index contributed by atoms with van der Waals surface area (Å²) in [6.07, 6.45) is 0. The maximum Gasteiger partial charge on any atom is 0.344 e. The summed E-state index contributed by atoms with van der Waals surface area (Å²) in [6.45, 7) is -0.455. The minimum absolute atomic E-state index is 0.455. The van der Waals surface area contributed by atoms with Crippen molar-refractivity contribution in [1.82, 2.24) is 0 Å². The van der Waals surface area contributed by atoms with E-state index < -0.39 is 47.3 Å². The molecule has 0 aromatic heterocycles. The lowest BCUT2D eigenvalue weighted by Crippen LogP contribution is -2.13. The first kappa shape index (κ1) is 15.1. The van der Waals surface area contributed by atoms with E-state index in [1.165, 1.54) is 7.11 Å². The van der Waals surface area contributed by atoms with Gasteiger partial charge in [-0.15, -0.1) is 0 Å². The third-order valence-corrected chi connectivity index (χ3v) is 2.15. The van der Waals surface area contributed by atoms with E-state index in [1.54, 1.807) is 0 Å². The standard InChI is InChI=1S/C11H11F3O5/c1-16-4-19-10-8(14)6(12)5(11(15)18-3)7(13)9(10)17-2/h4H2,1-3H3. The highest BCUT2D eigenvalue weighted by Gasteiger charge is 2.31. The predicted octanol–water partition coefficient (Wildman–Crippen LogP) is 1.88. The van der Waals surface area contributed by atoms with Crippen LogP contribution in [0.2, 0.25) is 0 Å². The van der Waals surface area contributed by atoms with E-state index >= 15 is 0 Å². The number of esters is 1. The second-order valence-corrected chi connectivity index (χ2v) is 3.22. The largest absolute Gasteiger partial charge is 0.490 e. The Balaban J connectivity index is 3.49. The molecule has 0 atom stereocenters. The highest BCUT2D eigenvalue weighted by Crippen LogP contribution is 2.37. The maximum absolute atomic E-state index is 13.9. The maximum atomic E-state index is 13.9. The molecule has 0 amide bonds. The average Bonchev–Trinajstić information content (AvgIpc) is 2.41. The molecule has 5 nitrogen and oxygen atoms in total. The normalized spacial score (nSPS) is 10.2. The molecule has 0 bridgehead atoms. The molecule has 0 spiro atoms. The van der Waals surface area contributed by atoms with Gasteiger partial charge in [0.05, 0.1) is 14.2 Å². The Labute approximate surface area is 106 Å². The fourth-order valence-electron chi connectivity index (χ4n) is 1.33. The van der Waals surface area contributed by atoms with Crippen molar-refractivity contribution in [3.63, 3.8) is 0 Å². The van der Waals surface area contributed by atoms with Gasteiger partial charge >= 0.3 is 5.97 Å².